The molecule has 1 heterocycles. The molecule has 0 bridgehead atoms. The fraction of sp³-hybridized carbons (Fsp3) is 0.0909. The van der Waals surface area contributed by atoms with E-state index in [0.717, 1.165) is 18.7 Å². The van der Waals surface area contributed by atoms with Gasteiger partial charge in [-0.05, 0) is 41.5 Å². The topological polar surface area (TPSA) is 37.4 Å². The van der Waals surface area contributed by atoms with Crippen LogP contribution in [0.4, 0.5) is 5.69 Å². The molecule has 0 amide bonds. The average Bonchev–Trinajstić information content (AvgIpc) is 2.69. The third kappa shape index (κ3) is 3.16. The second-order valence-corrected chi connectivity index (χ2v) is 8.25. The summed E-state index contributed by atoms with van der Waals surface area (Å²) >= 11 is 0. The summed E-state index contributed by atoms with van der Waals surface area (Å²) in [6, 6.07) is 24.0. The van der Waals surface area contributed by atoms with Gasteiger partial charge in [-0.15, -0.1) is 0 Å². The van der Waals surface area contributed by atoms with E-state index < -0.39 is 9.84 Å². The summed E-state index contributed by atoms with van der Waals surface area (Å²) in [5.74, 6) is 0. The zero-order chi connectivity index (χ0) is 18.0. The molecule has 0 aromatic heterocycles. The summed E-state index contributed by atoms with van der Waals surface area (Å²) in [5.41, 5.74) is 3.50. The van der Waals surface area contributed by atoms with Gasteiger partial charge in [0.25, 0.3) is 0 Å². The van der Waals surface area contributed by atoms with Gasteiger partial charge in [0.1, 0.15) is 0 Å². The minimum atomic E-state index is -3.46. The van der Waals surface area contributed by atoms with E-state index in [1.54, 1.807) is 36.4 Å². The van der Waals surface area contributed by atoms with E-state index in [1.807, 2.05) is 30.3 Å². The van der Waals surface area contributed by atoms with Gasteiger partial charge in [0, 0.05) is 18.8 Å². The lowest BCUT2D eigenvalue weighted by molar-refractivity contribution is 0.596. The van der Waals surface area contributed by atoms with Crippen molar-refractivity contribution < 1.29 is 8.42 Å². The van der Waals surface area contributed by atoms with E-state index in [-0.39, 0.29) is 0 Å². The van der Waals surface area contributed by atoms with Gasteiger partial charge >= 0.3 is 0 Å². The molecule has 130 valence electrons. The fourth-order valence-corrected chi connectivity index (χ4v) is 4.48. The van der Waals surface area contributed by atoms with E-state index in [1.165, 1.54) is 11.3 Å². The highest BCUT2D eigenvalue weighted by Crippen LogP contribution is 2.27. The first-order valence-corrected chi connectivity index (χ1v) is 10.0. The summed E-state index contributed by atoms with van der Waals surface area (Å²) < 4.78 is 25.4. The molecule has 1 aliphatic rings. The van der Waals surface area contributed by atoms with Crippen LogP contribution in [-0.2, 0) is 16.4 Å². The second-order valence-electron chi connectivity index (χ2n) is 6.30. The van der Waals surface area contributed by atoms with Gasteiger partial charge in [-0.3, -0.25) is 0 Å². The predicted octanol–water partition coefficient (Wildman–Crippen LogP) is 4.55. The quantitative estimate of drug-likeness (QED) is 0.684. The van der Waals surface area contributed by atoms with Crippen LogP contribution >= 0.6 is 0 Å². The number of rotatable bonds is 4. The normalized spacial score (nSPS) is 13.5. The molecule has 0 fully saturated rings. The van der Waals surface area contributed by atoms with E-state index in [4.69, 9.17) is 0 Å². The lowest BCUT2D eigenvalue weighted by Gasteiger charge is -2.28. The Balaban J connectivity index is 1.57. The van der Waals surface area contributed by atoms with Crippen LogP contribution in [0.15, 0.2) is 94.7 Å². The van der Waals surface area contributed by atoms with Gasteiger partial charge in [-0.1, -0.05) is 60.7 Å². The van der Waals surface area contributed by atoms with Crippen molar-refractivity contribution in [3.8, 4) is 0 Å². The van der Waals surface area contributed by atoms with Crippen molar-refractivity contribution in [1.82, 2.24) is 0 Å². The van der Waals surface area contributed by atoms with Gasteiger partial charge in [0.05, 0.1) is 9.79 Å². The highest BCUT2D eigenvalue weighted by Gasteiger charge is 2.17. The molecule has 4 heteroatoms. The maximum absolute atomic E-state index is 12.7. The summed E-state index contributed by atoms with van der Waals surface area (Å²) in [6.07, 6.45) is 4.29. The summed E-state index contributed by atoms with van der Waals surface area (Å²) in [7, 11) is -3.46. The summed E-state index contributed by atoms with van der Waals surface area (Å²) in [5, 5.41) is 0. The second kappa shape index (κ2) is 6.81. The van der Waals surface area contributed by atoms with E-state index >= 15 is 0 Å². The number of hydrogen-bond donors (Lipinski definition) is 0. The summed E-state index contributed by atoms with van der Waals surface area (Å²) in [4.78, 5) is 2.94. The van der Waals surface area contributed by atoms with Gasteiger partial charge in [-0.25, -0.2) is 8.42 Å². The zero-order valence-electron chi connectivity index (χ0n) is 14.2. The van der Waals surface area contributed by atoms with Crippen molar-refractivity contribution >= 4 is 21.6 Å². The molecule has 0 atom stereocenters. The molecule has 0 spiro atoms. The molecule has 0 saturated heterocycles. The highest BCUT2D eigenvalue weighted by molar-refractivity contribution is 7.91. The van der Waals surface area contributed by atoms with Crippen LogP contribution in [0.3, 0.4) is 0 Å². The van der Waals surface area contributed by atoms with Crippen molar-refractivity contribution in [1.29, 1.82) is 0 Å². The highest BCUT2D eigenvalue weighted by atomic mass is 32.2. The van der Waals surface area contributed by atoms with E-state index in [2.05, 4.69) is 29.2 Å². The fourth-order valence-electron chi connectivity index (χ4n) is 3.20. The molecule has 26 heavy (non-hydrogen) atoms. The third-order valence-electron chi connectivity index (χ3n) is 4.56. The Kier molecular flexibility index (Phi) is 4.35. The monoisotopic (exact) mass is 361 g/mol. The zero-order valence-corrected chi connectivity index (χ0v) is 15.1. The third-order valence-corrected chi connectivity index (χ3v) is 6.35. The molecular weight excluding hydrogens is 342 g/mol. The van der Waals surface area contributed by atoms with Crippen LogP contribution in [-0.4, -0.2) is 15.0 Å². The molecule has 0 unspecified atom stereocenters. The van der Waals surface area contributed by atoms with Gasteiger partial charge in [0.2, 0.25) is 9.84 Å². The molecule has 0 N–H and O–H groups in total. The molecule has 3 nitrogen and oxygen atoms in total. The molecule has 0 aliphatic carbocycles. The van der Waals surface area contributed by atoms with Crippen LogP contribution in [0, 0.1) is 0 Å². The smallest absolute Gasteiger partial charge is 0.206 e. The van der Waals surface area contributed by atoms with Crippen molar-refractivity contribution in [3.63, 3.8) is 0 Å². The first kappa shape index (κ1) is 16.6. The first-order chi connectivity index (χ1) is 12.6. The SMILES string of the molecule is O=S(=O)(c1ccccc1)c1ccc(CN2CC=Cc3ccccc32)cc1. The summed E-state index contributed by atoms with van der Waals surface area (Å²) in [6.45, 7) is 1.59. The molecule has 3 aromatic rings. The molecular formula is C22H19NO2S. The van der Waals surface area contributed by atoms with Crippen LogP contribution in [0.2, 0.25) is 0 Å². The number of sulfone groups is 1. The van der Waals surface area contributed by atoms with Gasteiger partial charge in [-0.2, -0.15) is 0 Å². The van der Waals surface area contributed by atoms with Crippen molar-refractivity contribution in [2.75, 3.05) is 11.4 Å². The Morgan fingerprint density at radius 1 is 0.769 bits per heavy atom. The molecule has 0 saturated carbocycles. The number of para-hydroxylation sites is 1. The van der Waals surface area contributed by atoms with E-state index in [9.17, 15) is 8.42 Å². The molecule has 4 rings (SSSR count). The predicted molar refractivity (Wildman–Crippen MR) is 105 cm³/mol. The maximum atomic E-state index is 12.7. The van der Waals surface area contributed by atoms with E-state index in [0.29, 0.717) is 9.79 Å². The molecule has 3 aromatic carbocycles. The first-order valence-electron chi connectivity index (χ1n) is 8.54. The average molecular weight is 361 g/mol. The number of hydrogen-bond acceptors (Lipinski definition) is 3. The Morgan fingerprint density at radius 3 is 2.19 bits per heavy atom. The minimum Gasteiger partial charge on any atom is -0.363 e. The lowest BCUT2D eigenvalue weighted by atomic mass is 10.1. The largest absolute Gasteiger partial charge is 0.363 e. The molecule has 1 aliphatic heterocycles. The van der Waals surface area contributed by atoms with Crippen LogP contribution in [0.5, 0.6) is 0 Å². The Hall–Kier alpha value is -2.85. The standard InChI is InChI=1S/C22H19NO2S/c24-26(25,20-9-2-1-3-10-20)21-14-12-18(13-15-21)17-23-16-6-8-19-7-4-5-11-22(19)23/h1-15H,16-17H2. The Labute approximate surface area is 154 Å². The minimum absolute atomic E-state index is 0.322. The Morgan fingerprint density at radius 2 is 1.42 bits per heavy atom. The van der Waals surface area contributed by atoms with Crippen molar-refractivity contribution in [3.05, 3.63) is 96.1 Å². The van der Waals surface area contributed by atoms with Crippen LogP contribution in [0.25, 0.3) is 6.08 Å². The van der Waals surface area contributed by atoms with Crippen molar-refractivity contribution in [2.45, 2.75) is 16.3 Å². The number of fused-ring (bicyclic) bond motifs is 1. The van der Waals surface area contributed by atoms with Gasteiger partial charge < -0.3 is 4.90 Å². The molecule has 0 radical (unpaired) electrons. The maximum Gasteiger partial charge on any atom is 0.206 e. The Bertz CT molecular complexity index is 1040. The number of nitrogens with zero attached hydrogens (tertiary/aromatic N) is 1. The number of anilines is 1. The van der Waals surface area contributed by atoms with Crippen LogP contribution in [0.1, 0.15) is 11.1 Å². The van der Waals surface area contributed by atoms with Crippen molar-refractivity contribution in [2.24, 2.45) is 0 Å². The number of benzene rings is 3. The van der Waals surface area contributed by atoms with Gasteiger partial charge in [0.15, 0.2) is 0 Å². The van der Waals surface area contributed by atoms with Crippen LogP contribution < -0.4 is 4.90 Å². The lowest BCUT2D eigenvalue weighted by Crippen LogP contribution is -2.25.